The molecule has 1 saturated carbocycles. The van der Waals surface area contributed by atoms with Gasteiger partial charge in [-0.3, -0.25) is 28.9 Å². The highest BCUT2D eigenvalue weighted by molar-refractivity contribution is 6.05. The quantitative estimate of drug-likeness (QED) is 0.215. The summed E-state index contributed by atoms with van der Waals surface area (Å²) in [6, 6.07) is 22.9. The lowest BCUT2D eigenvalue weighted by Gasteiger charge is -2.31. The lowest BCUT2D eigenvalue weighted by molar-refractivity contribution is 0.0694. The van der Waals surface area contributed by atoms with Crippen LogP contribution in [0.25, 0.3) is 16.6 Å². The smallest absolute Gasteiger partial charge is 0.438 e. The van der Waals surface area contributed by atoms with Crippen molar-refractivity contribution in [2.24, 2.45) is 5.92 Å². The second kappa shape index (κ2) is 13.9. The molecule has 3 aromatic heterocycles. The van der Waals surface area contributed by atoms with Gasteiger partial charge in [0, 0.05) is 55.0 Å². The van der Waals surface area contributed by atoms with E-state index in [1.165, 1.54) is 27.2 Å². The van der Waals surface area contributed by atoms with Crippen molar-refractivity contribution in [3.05, 3.63) is 134 Å². The van der Waals surface area contributed by atoms with Gasteiger partial charge in [-0.15, -0.1) is 0 Å². The van der Waals surface area contributed by atoms with E-state index in [9.17, 15) is 24.3 Å². The van der Waals surface area contributed by atoms with Crippen molar-refractivity contribution in [1.82, 2.24) is 29.2 Å². The molecule has 2 saturated heterocycles. The Labute approximate surface area is 336 Å². The van der Waals surface area contributed by atoms with Gasteiger partial charge < -0.3 is 19.3 Å². The first-order valence-corrected chi connectivity index (χ1v) is 19.8. The molecule has 3 aromatic carbocycles. The number of anilines is 2. The van der Waals surface area contributed by atoms with Crippen LogP contribution in [0.2, 0.25) is 0 Å². The van der Waals surface area contributed by atoms with Crippen molar-refractivity contribution in [3.63, 3.8) is 0 Å². The van der Waals surface area contributed by atoms with Crippen molar-refractivity contribution >= 4 is 40.4 Å². The molecule has 2 N–H and O–H groups in total. The fraction of sp³-hybridized carbons (Fsp3) is 0.326. The number of benzene rings is 3. The van der Waals surface area contributed by atoms with Crippen LogP contribution in [0, 0.1) is 5.92 Å². The van der Waals surface area contributed by atoms with Crippen molar-refractivity contribution in [1.29, 1.82) is 0 Å². The van der Waals surface area contributed by atoms with E-state index in [0.717, 1.165) is 23.7 Å². The van der Waals surface area contributed by atoms with E-state index in [-0.39, 0.29) is 55.1 Å². The third kappa shape index (κ3) is 5.96. The predicted octanol–water partition coefficient (Wildman–Crippen LogP) is 4.88. The number of carboxylic acids is 1. The van der Waals surface area contributed by atoms with Crippen LogP contribution in [0.15, 0.2) is 93.0 Å². The maximum Gasteiger partial charge on any atom is 0.438 e. The molecule has 3 aliphatic heterocycles. The van der Waals surface area contributed by atoms with Crippen LogP contribution >= 0.6 is 0 Å². The lowest BCUT2D eigenvalue weighted by atomic mass is 9.91. The number of aromatic nitrogens is 5. The zero-order chi connectivity index (χ0) is 40.6. The number of aromatic carboxylic acids is 1. The summed E-state index contributed by atoms with van der Waals surface area (Å²) in [5, 5.41) is 14.8. The Bertz CT molecular complexity index is 2800. The van der Waals surface area contributed by atoms with Crippen molar-refractivity contribution in [3.8, 4) is 5.69 Å². The summed E-state index contributed by atoms with van der Waals surface area (Å²) in [5.41, 5.74) is 2.73. The number of hydrogen-bond acceptors (Lipinski definition) is 9. The van der Waals surface area contributed by atoms with Gasteiger partial charge in [-0.1, -0.05) is 42.4 Å². The normalized spacial score (nSPS) is 20.7. The highest BCUT2D eigenvalue weighted by Gasteiger charge is 2.59. The molecular formula is C43H40N8O8. The number of H-pyrrole nitrogens is 1. The van der Waals surface area contributed by atoms with E-state index in [0.29, 0.717) is 60.6 Å². The molecule has 0 unspecified atom stereocenters. The Morgan fingerprint density at radius 1 is 0.898 bits per heavy atom. The van der Waals surface area contributed by atoms with Crippen LogP contribution in [0.4, 0.5) is 16.4 Å². The van der Waals surface area contributed by atoms with Gasteiger partial charge in [0.2, 0.25) is 5.95 Å². The van der Waals surface area contributed by atoms with E-state index < -0.39 is 28.9 Å². The summed E-state index contributed by atoms with van der Waals surface area (Å²) in [6.45, 7) is 4.14. The standard InChI is InChI=1S/C43H40N8O8/c1-25-23-43(25,39-45-41(56)59-46-39)51-34-11-10-27(26-13-18-58-19-14-26)20-29(34)22-35(51)37(53)47-15-12-32-33(24-47)44-40(49-17-16-48(42(49)57)30-7-3-2-4-8-30)50(36(32)52)31-9-5-6-28(21-31)38(54)55/h2-11,20-22,25-26H,12-19,23-24H2,1H3,(H,54,55)(H,45,46,56)/t25-,43+/m0/s1. The summed E-state index contributed by atoms with van der Waals surface area (Å²) in [6.07, 6.45) is 2.59. The Balaban J connectivity index is 1.07. The van der Waals surface area contributed by atoms with Crippen LogP contribution in [-0.4, -0.2) is 85.0 Å². The summed E-state index contributed by atoms with van der Waals surface area (Å²) < 4.78 is 13.9. The van der Waals surface area contributed by atoms with Gasteiger partial charge in [0.05, 0.1) is 23.5 Å². The number of carboxylic acid groups (broad SMARTS) is 1. The second-order valence-electron chi connectivity index (χ2n) is 15.8. The zero-order valence-electron chi connectivity index (χ0n) is 32.2. The molecule has 3 fully saturated rings. The molecular weight excluding hydrogens is 757 g/mol. The summed E-state index contributed by atoms with van der Waals surface area (Å²) >= 11 is 0. The highest BCUT2D eigenvalue weighted by atomic mass is 16.5. The van der Waals surface area contributed by atoms with Crippen LogP contribution in [0.5, 0.6) is 0 Å². The molecule has 16 heteroatoms. The number of hydrogen-bond donors (Lipinski definition) is 2. The molecule has 0 spiro atoms. The second-order valence-corrected chi connectivity index (χ2v) is 15.8. The van der Waals surface area contributed by atoms with Gasteiger partial charge in [-0.2, -0.15) is 0 Å². The molecule has 0 radical (unpaired) electrons. The van der Waals surface area contributed by atoms with Gasteiger partial charge in [0.25, 0.3) is 11.5 Å². The molecule has 6 heterocycles. The molecule has 4 aliphatic rings. The number of nitrogens with one attached hydrogen (secondary N) is 1. The van der Waals surface area contributed by atoms with Gasteiger partial charge in [0.15, 0.2) is 5.82 Å². The van der Waals surface area contributed by atoms with Gasteiger partial charge in [-0.25, -0.2) is 23.9 Å². The minimum atomic E-state index is -1.16. The van der Waals surface area contributed by atoms with Crippen LogP contribution in [-0.2, 0) is 23.2 Å². The van der Waals surface area contributed by atoms with E-state index in [2.05, 4.69) is 22.3 Å². The molecule has 300 valence electrons. The van der Waals surface area contributed by atoms with Crippen LogP contribution < -0.4 is 21.1 Å². The molecule has 10 rings (SSSR count). The molecule has 3 amide bonds. The molecule has 0 bridgehead atoms. The molecule has 59 heavy (non-hydrogen) atoms. The van der Waals surface area contributed by atoms with Gasteiger partial charge in [-0.05, 0) is 91.6 Å². The average molecular weight is 797 g/mol. The van der Waals surface area contributed by atoms with Gasteiger partial charge >= 0.3 is 17.8 Å². The van der Waals surface area contributed by atoms with Crippen LogP contribution in [0.3, 0.4) is 0 Å². The Hall–Kier alpha value is -6.81. The third-order valence-electron chi connectivity index (χ3n) is 12.4. The van der Waals surface area contributed by atoms with E-state index in [4.69, 9.17) is 14.2 Å². The minimum absolute atomic E-state index is 0.0124. The number of aromatic amines is 1. The number of amides is 3. The van der Waals surface area contributed by atoms with E-state index >= 15 is 4.79 Å². The lowest BCUT2D eigenvalue weighted by Crippen LogP contribution is -2.43. The summed E-state index contributed by atoms with van der Waals surface area (Å²) in [5.74, 6) is -1.42. The molecule has 2 atom stereocenters. The first-order valence-electron chi connectivity index (χ1n) is 19.8. The average Bonchev–Trinajstić information content (AvgIpc) is 3.58. The largest absolute Gasteiger partial charge is 0.478 e. The number of fused-ring (bicyclic) bond motifs is 2. The minimum Gasteiger partial charge on any atom is -0.478 e. The zero-order valence-corrected chi connectivity index (χ0v) is 32.2. The number of nitrogens with zero attached hydrogens (tertiary/aromatic N) is 7. The Kier molecular flexibility index (Phi) is 8.63. The third-order valence-corrected chi connectivity index (χ3v) is 12.4. The molecule has 16 nitrogen and oxygen atoms in total. The Morgan fingerprint density at radius 2 is 1.66 bits per heavy atom. The predicted molar refractivity (Wildman–Crippen MR) is 214 cm³/mol. The monoisotopic (exact) mass is 796 g/mol. The fourth-order valence-electron chi connectivity index (χ4n) is 9.25. The van der Waals surface area contributed by atoms with E-state index in [1.54, 1.807) is 21.9 Å². The summed E-state index contributed by atoms with van der Waals surface area (Å²) in [4.78, 5) is 80.4. The Morgan fingerprint density at radius 3 is 2.39 bits per heavy atom. The van der Waals surface area contributed by atoms with Crippen molar-refractivity contribution in [2.45, 2.75) is 50.6 Å². The van der Waals surface area contributed by atoms with E-state index in [1.807, 2.05) is 54.0 Å². The van der Waals surface area contributed by atoms with Crippen LogP contribution in [0.1, 0.15) is 75.6 Å². The summed E-state index contributed by atoms with van der Waals surface area (Å²) in [7, 11) is 0. The number of rotatable bonds is 8. The first-order chi connectivity index (χ1) is 28.6. The number of urea groups is 1. The highest BCUT2D eigenvalue weighted by Crippen LogP contribution is 2.56. The number of carbonyl (C=O) groups is 3. The SMILES string of the molecule is C[C@H]1C[C@@]1(c1noc(=O)[nH]1)n1c(C(=O)N2CCc3c(nc(N4CCN(c5ccccc5)C4=O)n(-c4cccc(C(=O)O)c4)c3=O)C2)cc2cc(C3CCOCC3)ccc21. The van der Waals surface area contributed by atoms with Crippen molar-refractivity contribution < 1.29 is 28.8 Å². The molecule has 1 aliphatic carbocycles. The fourth-order valence-corrected chi connectivity index (χ4v) is 9.25. The topological polar surface area (TPSA) is 189 Å². The van der Waals surface area contributed by atoms with Gasteiger partial charge in [0.1, 0.15) is 11.2 Å². The van der Waals surface area contributed by atoms with Crippen molar-refractivity contribution in [2.75, 3.05) is 42.6 Å². The first kappa shape index (κ1) is 36.5. The molecule has 6 aromatic rings. The number of ether oxygens (including phenoxy) is 1. The number of carbonyl (C=O) groups excluding carboxylic acids is 2. The maximum absolute atomic E-state index is 15.0. The maximum atomic E-state index is 15.0. The number of para-hydroxylation sites is 1.